The normalized spacial score (nSPS) is 18.0. The van der Waals surface area contributed by atoms with Crippen LogP contribution in [0.15, 0.2) is 24.5 Å². The van der Waals surface area contributed by atoms with Crippen LogP contribution < -0.4 is 0 Å². The molecule has 1 saturated carbocycles. The van der Waals surface area contributed by atoms with Crippen molar-refractivity contribution in [3.8, 4) is 0 Å². The van der Waals surface area contributed by atoms with E-state index in [1.165, 1.54) is 0 Å². The smallest absolute Gasteiger partial charge is 0.133 e. The monoisotopic (exact) mass is 205 g/mol. The zero-order chi connectivity index (χ0) is 10.5. The fraction of sp³-hybridized carbons (Fsp3) is 0.500. The Kier molecular flexibility index (Phi) is 3.45. The summed E-state index contributed by atoms with van der Waals surface area (Å²) in [6.45, 7) is 0.626. The Bertz CT molecular complexity index is 314. The second-order valence-electron chi connectivity index (χ2n) is 3.90. The van der Waals surface area contributed by atoms with Gasteiger partial charge in [-0.2, -0.15) is 0 Å². The molecule has 80 valence electrons. The van der Waals surface area contributed by atoms with Gasteiger partial charge in [0.25, 0.3) is 0 Å². The highest BCUT2D eigenvalue weighted by Gasteiger charge is 2.18. The molecule has 3 nitrogen and oxygen atoms in total. The molecule has 0 aromatic carbocycles. The van der Waals surface area contributed by atoms with Crippen molar-refractivity contribution in [1.29, 1.82) is 0 Å². The van der Waals surface area contributed by atoms with Gasteiger partial charge in [-0.3, -0.25) is 9.78 Å². The topological polar surface area (TPSA) is 39.2 Å². The largest absolute Gasteiger partial charge is 0.374 e. The number of Topliss-reactive ketones (excluding diaryl/α,β-unsaturated/α-hetero) is 1. The zero-order valence-electron chi connectivity index (χ0n) is 8.69. The van der Waals surface area contributed by atoms with Crippen LogP contribution in [0.4, 0.5) is 0 Å². The van der Waals surface area contributed by atoms with Crippen LogP contribution in [0, 0.1) is 0 Å². The molecule has 0 radical (unpaired) electrons. The van der Waals surface area contributed by atoms with Crippen molar-refractivity contribution in [3.05, 3.63) is 30.1 Å². The van der Waals surface area contributed by atoms with Crippen LogP contribution in [0.3, 0.4) is 0 Å². The van der Waals surface area contributed by atoms with Gasteiger partial charge < -0.3 is 4.74 Å². The lowest BCUT2D eigenvalue weighted by Gasteiger charge is -2.21. The lowest BCUT2D eigenvalue weighted by Crippen LogP contribution is -2.21. The molecule has 1 aromatic rings. The maximum absolute atomic E-state index is 11.0. The molecule has 0 N–H and O–H groups in total. The summed E-state index contributed by atoms with van der Waals surface area (Å²) in [5.74, 6) is 0.374. The first-order valence-electron chi connectivity index (χ1n) is 5.37. The molecule has 0 spiro atoms. The Labute approximate surface area is 89.5 Å². The Morgan fingerprint density at radius 1 is 1.27 bits per heavy atom. The van der Waals surface area contributed by atoms with E-state index in [9.17, 15) is 4.79 Å². The maximum Gasteiger partial charge on any atom is 0.133 e. The highest BCUT2D eigenvalue weighted by atomic mass is 16.5. The van der Waals surface area contributed by atoms with Gasteiger partial charge >= 0.3 is 0 Å². The molecule has 2 rings (SSSR count). The van der Waals surface area contributed by atoms with Gasteiger partial charge in [0.05, 0.1) is 12.7 Å². The molecule has 1 aliphatic rings. The highest BCUT2D eigenvalue weighted by molar-refractivity contribution is 5.79. The summed E-state index contributed by atoms with van der Waals surface area (Å²) in [5.41, 5.74) is 1.14. The fourth-order valence-electron chi connectivity index (χ4n) is 1.77. The van der Waals surface area contributed by atoms with Crippen LogP contribution >= 0.6 is 0 Å². The van der Waals surface area contributed by atoms with Crippen molar-refractivity contribution in [2.45, 2.75) is 38.4 Å². The van der Waals surface area contributed by atoms with Crippen molar-refractivity contribution < 1.29 is 9.53 Å². The minimum Gasteiger partial charge on any atom is -0.374 e. The predicted molar refractivity (Wildman–Crippen MR) is 56.3 cm³/mol. The van der Waals surface area contributed by atoms with Crippen LogP contribution in [0.1, 0.15) is 31.2 Å². The van der Waals surface area contributed by atoms with Gasteiger partial charge in [0, 0.05) is 25.2 Å². The molecule has 0 saturated heterocycles. The van der Waals surface area contributed by atoms with Crippen molar-refractivity contribution in [2.75, 3.05) is 0 Å². The molecule has 0 unspecified atom stereocenters. The summed E-state index contributed by atoms with van der Waals surface area (Å²) >= 11 is 0. The average Bonchev–Trinajstić information content (AvgIpc) is 2.30. The van der Waals surface area contributed by atoms with Gasteiger partial charge in [-0.15, -0.1) is 0 Å². The van der Waals surface area contributed by atoms with E-state index >= 15 is 0 Å². The summed E-state index contributed by atoms with van der Waals surface area (Å²) in [4.78, 5) is 15.0. The molecule has 15 heavy (non-hydrogen) atoms. The molecule has 1 fully saturated rings. The SMILES string of the molecule is O=C1CCC(OCc2ccncc2)CC1. The van der Waals surface area contributed by atoms with E-state index in [0.717, 1.165) is 18.4 Å². The van der Waals surface area contributed by atoms with E-state index in [1.807, 2.05) is 12.1 Å². The van der Waals surface area contributed by atoms with Gasteiger partial charge in [-0.05, 0) is 30.5 Å². The number of hydrogen-bond acceptors (Lipinski definition) is 3. The zero-order valence-corrected chi connectivity index (χ0v) is 8.69. The third-order valence-corrected chi connectivity index (χ3v) is 2.73. The van der Waals surface area contributed by atoms with Crippen LogP contribution in [0.5, 0.6) is 0 Å². The Morgan fingerprint density at radius 3 is 2.60 bits per heavy atom. The summed E-state index contributed by atoms with van der Waals surface area (Å²) < 4.78 is 5.74. The molecule has 0 aliphatic heterocycles. The summed E-state index contributed by atoms with van der Waals surface area (Å²) in [6.07, 6.45) is 6.91. The molecule has 1 aromatic heterocycles. The minimum atomic E-state index is 0.260. The van der Waals surface area contributed by atoms with Crippen LogP contribution in [0.25, 0.3) is 0 Å². The minimum absolute atomic E-state index is 0.260. The molecule has 0 amide bonds. The summed E-state index contributed by atoms with van der Waals surface area (Å²) in [5, 5.41) is 0. The maximum atomic E-state index is 11.0. The standard InChI is InChI=1S/C12H15NO2/c14-11-1-3-12(4-2-11)15-9-10-5-7-13-8-6-10/h5-8,12H,1-4,9H2. The van der Waals surface area contributed by atoms with Gasteiger partial charge in [-0.1, -0.05) is 0 Å². The van der Waals surface area contributed by atoms with Crippen molar-refractivity contribution in [3.63, 3.8) is 0 Å². The third-order valence-electron chi connectivity index (χ3n) is 2.73. The van der Waals surface area contributed by atoms with Gasteiger partial charge in [0.2, 0.25) is 0 Å². The number of ether oxygens (including phenoxy) is 1. The molecule has 0 bridgehead atoms. The first kappa shape index (κ1) is 10.3. The van der Waals surface area contributed by atoms with Crippen LogP contribution in [-0.4, -0.2) is 16.9 Å². The number of aromatic nitrogens is 1. The second-order valence-corrected chi connectivity index (χ2v) is 3.90. The number of nitrogens with zero attached hydrogens (tertiary/aromatic N) is 1. The van der Waals surface area contributed by atoms with Crippen molar-refractivity contribution in [2.24, 2.45) is 0 Å². The number of rotatable bonds is 3. The number of carbonyl (C=O) groups excluding carboxylic acids is 1. The third kappa shape index (κ3) is 3.13. The first-order chi connectivity index (χ1) is 7.34. The second kappa shape index (κ2) is 5.03. The molecule has 1 heterocycles. The Balaban J connectivity index is 1.77. The van der Waals surface area contributed by atoms with E-state index in [1.54, 1.807) is 12.4 Å². The van der Waals surface area contributed by atoms with E-state index < -0.39 is 0 Å². The molecular formula is C12H15NO2. The van der Waals surface area contributed by atoms with E-state index in [4.69, 9.17) is 4.74 Å². The number of ketones is 1. The van der Waals surface area contributed by atoms with Gasteiger partial charge in [-0.25, -0.2) is 0 Å². The predicted octanol–water partition coefficient (Wildman–Crippen LogP) is 2.11. The van der Waals surface area contributed by atoms with Crippen LogP contribution in [-0.2, 0) is 16.1 Å². The Morgan fingerprint density at radius 2 is 1.93 bits per heavy atom. The van der Waals surface area contributed by atoms with Gasteiger partial charge in [0.15, 0.2) is 0 Å². The molecule has 3 heteroatoms. The summed E-state index contributed by atoms with van der Waals surface area (Å²) in [7, 11) is 0. The van der Waals surface area contributed by atoms with E-state index in [2.05, 4.69) is 4.98 Å². The highest BCUT2D eigenvalue weighted by Crippen LogP contribution is 2.19. The lowest BCUT2D eigenvalue weighted by molar-refractivity contribution is -0.123. The first-order valence-corrected chi connectivity index (χ1v) is 5.37. The van der Waals surface area contributed by atoms with E-state index in [0.29, 0.717) is 25.2 Å². The quantitative estimate of drug-likeness (QED) is 0.758. The Hall–Kier alpha value is -1.22. The summed E-state index contributed by atoms with van der Waals surface area (Å²) in [6, 6.07) is 3.90. The molecular weight excluding hydrogens is 190 g/mol. The average molecular weight is 205 g/mol. The van der Waals surface area contributed by atoms with Crippen molar-refractivity contribution >= 4 is 5.78 Å². The van der Waals surface area contributed by atoms with Crippen molar-refractivity contribution in [1.82, 2.24) is 4.98 Å². The number of hydrogen-bond donors (Lipinski definition) is 0. The molecule has 1 aliphatic carbocycles. The number of pyridine rings is 1. The number of carbonyl (C=O) groups is 1. The molecule has 0 atom stereocenters. The van der Waals surface area contributed by atoms with Crippen LogP contribution in [0.2, 0.25) is 0 Å². The van der Waals surface area contributed by atoms with Gasteiger partial charge in [0.1, 0.15) is 5.78 Å². The fourth-order valence-corrected chi connectivity index (χ4v) is 1.77. The lowest BCUT2D eigenvalue weighted by atomic mass is 9.96. The van der Waals surface area contributed by atoms with E-state index in [-0.39, 0.29) is 6.10 Å².